The van der Waals surface area contributed by atoms with Crippen molar-refractivity contribution in [2.75, 3.05) is 5.73 Å². The first kappa shape index (κ1) is 16.1. The van der Waals surface area contributed by atoms with Gasteiger partial charge in [-0.2, -0.15) is 23.3 Å². The quantitative estimate of drug-likeness (QED) is 0.603. The van der Waals surface area contributed by atoms with Crippen molar-refractivity contribution >= 4 is 17.0 Å². The van der Waals surface area contributed by atoms with E-state index in [4.69, 9.17) is 10.2 Å². The van der Waals surface area contributed by atoms with E-state index < -0.39 is 11.7 Å². The molecule has 9 heteroatoms. The predicted octanol–water partition coefficient (Wildman–Crippen LogP) is 3.74. The molecule has 0 saturated heterocycles. The molecule has 1 aromatic carbocycles. The van der Waals surface area contributed by atoms with Crippen LogP contribution in [-0.4, -0.2) is 19.7 Å². The van der Waals surface area contributed by atoms with Gasteiger partial charge in [0.2, 0.25) is 5.95 Å². The average Bonchev–Trinajstić information content (AvgIpc) is 3.25. The molecule has 26 heavy (non-hydrogen) atoms. The van der Waals surface area contributed by atoms with Gasteiger partial charge in [-0.15, -0.1) is 0 Å². The fraction of sp³-hybridized carbons (Fsp3) is 0.118. The fourth-order valence-corrected chi connectivity index (χ4v) is 2.66. The van der Waals surface area contributed by atoms with E-state index in [1.54, 1.807) is 23.0 Å². The number of fused-ring (bicyclic) bond motifs is 1. The number of anilines is 1. The van der Waals surface area contributed by atoms with E-state index in [-0.39, 0.29) is 12.5 Å². The number of rotatable bonds is 3. The summed E-state index contributed by atoms with van der Waals surface area (Å²) in [5, 5.41) is 4.91. The molecule has 0 unspecified atom stereocenters. The molecule has 4 aromatic rings. The number of furan rings is 1. The summed E-state index contributed by atoms with van der Waals surface area (Å²) in [6, 6.07) is 8.38. The number of nitrogens with two attached hydrogens (primary N) is 1. The summed E-state index contributed by atoms with van der Waals surface area (Å²) >= 11 is 0. The second-order valence-corrected chi connectivity index (χ2v) is 5.64. The van der Waals surface area contributed by atoms with Crippen molar-refractivity contribution in [3.05, 3.63) is 60.0 Å². The minimum atomic E-state index is -4.36. The summed E-state index contributed by atoms with van der Waals surface area (Å²) in [7, 11) is 0. The topological polar surface area (TPSA) is 82.8 Å². The lowest BCUT2D eigenvalue weighted by atomic mass is 10.1. The maximum atomic E-state index is 12.7. The summed E-state index contributed by atoms with van der Waals surface area (Å²) in [5.41, 5.74) is 6.73. The van der Waals surface area contributed by atoms with Gasteiger partial charge in [0.05, 0.1) is 30.0 Å². The summed E-state index contributed by atoms with van der Waals surface area (Å²) in [4.78, 5) is 8.40. The van der Waals surface area contributed by atoms with Crippen LogP contribution >= 0.6 is 0 Å². The fourth-order valence-electron chi connectivity index (χ4n) is 2.66. The van der Waals surface area contributed by atoms with E-state index in [0.717, 1.165) is 12.1 Å². The Morgan fingerprint density at radius 2 is 1.85 bits per heavy atom. The van der Waals surface area contributed by atoms with Gasteiger partial charge in [0, 0.05) is 0 Å². The molecule has 3 aromatic heterocycles. The molecule has 0 aliphatic rings. The molecular weight excluding hydrogens is 347 g/mol. The van der Waals surface area contributed by atoms with Gasteiger partial charge in [-0.3, -0.25) is 0 Å². The normalized spacial score (nSPS) is 12.0. The molecule has 0 aliphatic carbocycles. The predicted molar refractivity (Wildman–Crippen MR) is 88.0 cm³/mol. The zero-order chi connectivity index (χ0) is 18.3. The Balaban J connectivity index is 1.72. The molecule has 132 valence electrons. The minimum absolute atomic E-state index is 0.0538. The summed E-state index contributed by atoms with van der Waals surface area (Å²) in [6.45, 7) is 0.246. The number of hydrogen-bond donors (Lipinski definition) is 1. The Bertz CT molecular complexity index is 1050. The maximum Gasteiger partial charge on any atom is 0.416 e. The van der Waals surface area contributed by atoms with Crippen LogP contribution in [-0.2, 0) is 12.7 Å². The Morgan fingerprint density at radius 1 is 1.08 bits per heavy atom. The first-order valence-electron chi connectivity index (χ1n) is 7.61. The van der Waals surface area contributed by atoms with Crippen molar-refractivity contribution in [2.45, 2.75) is 12.7 Å². The molecule has 0 atom stereocenters. The number of hydrogen-bond acceptors (Lipinski definition) is 5. The average molecular weight is 359 g/mol. The lowest BCUT2D eigenvalue weighted by Gasteiger charge is -2.08. The highest BCUT2D eigenvalue weighted by atomic mass is 19.4. The van der Waals surface area contributed by atoms with Crippen LogP contribution in [0.5, 0.6) is 0 Å². The maximum absolute atomic E-state index is 12.7. The van der Waals surface area contributed by atoms with E-state index in [1.165, 1.54) is 18.4 Å². The van der Waals surface area contributed by atoms with Gasteiger partial charge in [0.25, 0.3) is 0 Å². The van der Waals surface area contributed by atoms with Crippen molar-refractivity contribution in [3.63, 3.8) is 0 Å². The van der Waals surface area contributed by atoms with Crippen molar-refractivity contribution in [1.29, 1.82) is 0 Å². The van der Waals surface area contributed by atoms with Gasteiger partial charge < -0.3 is 10.2 Å². The Hall–Kier alpha value is -3.36. The second kappa shape index (κ2) is 5.87. The van der Waals surface area contributed by atoms with Gasteiger partial charge in [0.15, 0.2) is 11.4 Å². The number of halogens is 3. The highest BCUT2D eigenvalue weighted by Crippen LogP contribution is 2.30. The van der Waals surface area contributed by atoms with Crippen molar-refractivity contribution in [1.82, 2.24) is 19.7 Å². The Morgan fingerprint density at radius 3 is 2.50 bits per heavy atom. The molecule has 0 spiro atoms. The van der Waals surface area contributed by atoms with Gasteiger partial charge >= 0.3 is 6.18 Å². The third-order valence-corrected chi connectivity index (χ3v) is 3.88. The lowest BCUT2D eigenvalue weighted by Crippen LogP contribution is -2.07. The van der Waals surface area contributed by atoms with E-state index in [9.17, 15) is 13.2 Å². The third kappa shape index (κ3) is 2.87. The van der Waals surface area contributed by atoms with Crippen LogP contribution in [0, 0.1) is 0 Å². The zero-order valence-corrected chi connectivity index (χ0v) is 13.2. The molecular formula is C17H12F3N5O. The summed E-state index contributed by atoms with van der Waals surface area (Å²) in [5.74, 6) is 0.580. The molecule has 0 aliphatic heterocycles. The molecule has 3 heterocycles. The number of nitrogen functional groups attached to an aromatic ring is 1. The van der Waals surface area contributed by atoms with E-state index in [0.29, 0.717) is 28.1 Å². The van der Waals surface area contributed by atoms with Crippen molar-refractivity contribution < 1.29 is 17.6 Å². The van der Waals surface area contributed by atoms with Gasteiger partial charge in [-0.1, -0.05) is 12.1 Å². The summed E-state index contributed by atoms with van der Waals surface area (Å²) in [6.07, 6.45) is -1.26. The van der Waals surface area contributed by atoms with Crippen LogP contribution in [0.4, 0.5) is 19.1 Å². The molecule has 0 fully saturated rings. The highest BCUT2D eigenvalue weighted by Gasteiger charge is 2.29. The molecule has 0 amide bonds. The largest absolute Gasteiger partial charge is 0.463 e. The Kier molecular flexibility index (Phi) is 3.64. The molecule has 4 rings (SSSR count). The van der Waals surface area contributed by atoms with Crippen molar-refractivity contribution in [3.8, 4) is 11.5 Å². The second-order valence-electron chi connectivity index (χ2n) is 5.64. The highest BCUT2D eigenvalue weighted by molar-refractivity contribution is 5.89. The molecule has 2 N–H and O–H groups in total. The van der Waals surface area contributed by atoms with Gasteiger partial charge in [-0.05, 0) is 29.8 Å². The number of aromatic nitrogens is 4. The standard InChI is InChI=1S/C17H12F3N5O/c18-17(19,20)11-5-3-10(4-6-11)9-25-15-12(8-22-25)14(23-16(21)24-15)13-2-1-7-26-13/h1-8H,9H2,(H2,21,23,24). The summed E-state index contributed by atoms with van der Waals surface area (Å²) < 4.78 is 44.9. The first-order chi connectivity index (χ1) is 12.4. The van der Waals surface area contributed by atoms with E-state index in [1.807, 2.05) is 0 Å². The minimum Gasteiger partial charge on any atom is -0.463 e. The SMILES string of the molecule is Nc1nc(-c2ccco2)c2cnn(Cc3ccc(C(F)(F)F)cc3)c2n1. The number of alkyl halides is 3. The van der Waals surface area contributed by atoms with E-state index in [2.05, 4.69) is 15.1 Å². The molecule has 0 saturated carbocycles. The zero-order valence-electron chi connectivity index (χ0n) is 13.2. The van der Waals surface area contributed by atoms with E-state index >= 15 is 0 Å². The van der Waals surface area contributed by atoms with Gasteiger partial charge in [-0.25, -0.2) is 9.67 Å². The number of benzene rings is 1. The van der Waals surface area contributed by atoms with Crippen LogP contribution < -0.4 is 5.73 Å². The van der Waals surface area contributed by atoms with Gasteiger partial charge in [0.1, 0.15) is 5.69 Å². The smallest absolute Gasteiger partial charge is 0.416 e. The van der Waals surface area contributed by atoms with Crippen LogP contribution in [0.15, 0.2) is 53.3 Å². The number of nitrogens with zero attached hydrogens (tertiary/aromatic N) is 4. The van der Waals surface area contributed by atoms with Crippen LogP contribution in [0.1, 0.15) is 11.1 Å². The van der Waals surface area contributed by atoms with Crippen molar-refractivity contribution in [2.24, 2.45) is 0 Å². The lowest BCUT2D eigenvalue weighted by molar-refractivity contribution is -0.137. The monoisotopic (exact) mass is 359 g/mol. The van der Waals surface area contributed by atoms with Crippen LogP contribution in [0.25, 0.3) is 22.5 Å². The first-order valence-corrected chi connectivity index (χ1v) is 7.61. The van der Waals surface area contributed by atoms with Crippen LogP contribution in [0.2, 0.25) is 0 Å². The third-order valence-electron chi connectivity index (χ3n) is 3.88. The molecule has 0 bridgehead atoms. The Labute approximate surface area is 145 Å². The molecule has 0 radical (unpaired) electrons. The van der Waals surface area contributed by atoms with Crippen LogP contribution in [0.3, 0.4) is 0 Å². The molecule has 6 nitrogen and oxygen atoms in total.